The van der Waals surface area contributed by atoms with Crippen molar-refractivity contribution >= 4 is 0 Å². The zero-order valence-electron chi connectivity index (χ0n) is 7.38. The Balaban J connectivity index is 2.18. The van der Waals surface area contributed by atoms with Crippen LogP contribution in [0, 0.1) is 5.92 Å². The van der Waals surface area contributed by atoms with Crippen LogP contribution in [0.4, 0.5) is 0 Å². The summed E-state index contributed by atoms with van der Waals surface area (Å²) in [4.78, 5) is 0. The summed E-state index contributed by atoms with van der Waals surface area (Å²) in [7, 11) is 0. The van der Waals surface area contributed by atoms with Crippen molar-refractivity contribution in [1.29, 1.82) is 0 Å². The lowest BCUT2D eigenvalue weighted by atomic mass is 9.86. The SMILES string of the molecule is C=COC1CCC(CC)CC1. The van der Waals surface area contributed by atoms with E-state index in [-0.39, 0.29) is 0 Å². The summed E-state index contributed by atoms with van der Waals surface area (Å²) in [5.74, 6) is 0.958. The third-order valence-electron chi connectivity index (χ3n) is 2.66. The molecule has 64 valence electrons. The maximum Gasteiger partial charge on any atom is 0.0978 e. The first-order valence-corrected chi connectivity index (χ1v) is 4.63. The van der Waals surface area contributed by atoms with E-state index in [0.29, 0.717) is 6.10 Å². The number of rotatable bonds is 3. The average molecular weight is 154 g/mol. The Hall–Kier alpha value is -0.460. The first kappa shape index (κ1) is 8.63. The van der Waals surface area contributed by atoms with Gasteiger partial charge in [-0.3, -0.25) is 0 Å². The minimum absolute atomic E-state index is 0.468. The second kappa shape index (κ2) is 4.42. The first-order valence-electron chi connectivity index (χ1n) is 4.63. The van der Waals surface area contributed by atoms with Gasteiger partial charge in [0.1, 0.15) is 0 Å². The first-order chi connectivity index (χ1) is 5.36. The molecule has 0 aromatic carbocycles. The Bertz CT molecular complexity index is 112. The molecule has 0 atom stereocenters. The molecule has 1 saturated carbocycles. The van der Waals surface area contributed by atoms with Gasteiger partial charge in [-0.1, -0.05) is 19.9 Å². The lowest BCUT2D eigenvalue weighted by molar-refractivity contribution is 0.0881. The van der Waals surface area contributed by atoms with Crippen molar-refractivity contribution in [3.8, 4) is 0 Å². The summed E-state index contributed by atoms with van der Waals surface area (Å²) in [5.41, 5.74) is 0. The van der Waals surface area contributed by atoms with Gasteiger partial charge in [-0.15, -0.1) is 0 Å². The van der Waals surface area contributed by atoms with Gasteiger partial charge in [0, 0.05) is 0 Å². The molecule has 1 heteroatoms. The second-order valence-corrected chi connectivity index (χ2v) is 3.35. The molecular weight excluding hydrogens is 136 g/mol. The summed E-state index contributed by atoms with van der Waals surface area (Å²) in [6, 6.07) is 0. The zero-order chi connectivity index (χ0) is 8.10. The van der Waals surface area contributed by atoms with Crippen LogP contribution in [0.15, 0.2) is 12.8 Å². The molecule has 1 aliphatic carbocycles. The maximum absolute atomic E-state index is 5.34. The molecule has 1 nitrogen and oxygen atoms in total. The molecule has 0 aliphatic heterocycles. The monoisotopic (exact) mass is 154 g/mol. The van der Waals surface area contributed by atoms with E-state index < -0.39 is 0 Å². The second-order valence-electron chi connectivity index (χ2n) is 3.35. The van der Waals surface area contributed by atoms with Crippen LogP contribution in [0.1, 0.15) is 39.0 Å². The van der Waals surface area contributed by atoms with Crippen LogP contribution in [-0.4, -0.2) is 6.10 Å². The molecule has 0 saturated heterocycles. The van der Waals surface area contributed by atoms with Crippen molar-refractivity contribution in [3.05, 3.63) is 12.8 Å². The van der Waals surface area contributed by atoms with E-state index in [9.17, 15) is 0 Å². The van der Waals surface area contributed by atoms with Gasteiger partial charge in [0.15, 0.2) is 0 Å². The number of ether oxygens (including phenoxy) is 1. The van der Waals surface area contributed by atoms with Crippen molar-refractivity contribution in [2.24, 2.45) is 5.92 Å². The Morgan fingerprint density at radius 2 is 2.00 bits per heavy atom. The fourth-order valence-corrected chi connectivity index (χ4v) is 1.81. The van der Waals surface area contributed by atoms with Gasteiger partial charge >= 0.3 is 0 Å². The highest BCUT2D eigenvalue weighted by Crippen LogP contribution is 2.27. The highest BCUT2D eigenvalue weighted by atomic mass is 16.5. The van der Waals surface area contributed by atoms with Crippen LogP contribution in [0.3, 0.4) is 0 Å². The van der Waals surface area contributed by atoms with Gasteiger partial charge in [-0.25, -0.2) is 0 Å². The average Bonchev–Trinajstić information content (AvgIpc) is 2.07. The lowest BCUT2D eigenvalue weighted by Crippen LogP contribution is -2.19. The predicted octanol–water partition coefficient (Wildman–Crippen LogP) is 3.12. The van der Waals surface area contributed by atoms with Crippen molar-refractivity contribution < 1.29 is 4.74 Å². The van der Waals surface area contributed by atoms with Crippen LogP contribution in [-0.2, 0) is 4.74 Å². The molecule has 0 aromatic rings. The Morgan fingerprint density at radius 1 is 1.36 bits per heavy atom. The molecule has 11 heavy (non-hydrogen) atoms. The van der Waals surface area contributed by atoms with Crippen LogP contribution in [0.2, 0.25) is 0 Å². The van der Waals surface area contributed by atoms with Crippen LogP contribution < -0.4 is 0 Å². The van der Waals surface area contributed by atoms with E-state index in [1.54, 1.807) is 6.26 Å². The van der Waals surface area contributed by atoms with Crippen LogP contribution in [0.25, 0.3) is 0 Å². The van der Waals surface area contributed by atoms with Crippen molar-refractivity contribution in [1.82, 2.24) is 0 Å². The third-order valence-corrected chi connectivity index (χ3v) is 2.66. The topological polar surface area (TPSA) is 9.23 Å². The molecule has 0 N–H and O–H groups in total. The Kier molecular flexibility index (Phi) is 3.47. The highest BCUT2D eigenvalue weighted by Gasteiger charge is 2.19. The molecular formula is C10H18O. The molecule has 1 rings (SSSR count). The van der Waals surface area contributed by atoms with E-state index in [1.807, 2.05) is 0 Å². The minimum atomic E-state index is 0.468. The lowest BCUT2D eigenvalue weighted by Gasteiger charge is -2.26. The Labute approximate surface area is 69.4 Å². The standard InChI is InChI=1S/C10H18O/c1-3-9-5-7-10(8-6-9)11-4-2/h4,9-10H,2-3,5-8H2,1H3. The quantitative estimate of drug-likeness (QED) is 0.567. The summed E-state index contributed by atoms with van der Waals surface area (Å²) in [6.45, 7) is 5.85. The van der Waals surface area contributed by atoms with Crippen molar-refractivity contribution in [3.63, 3.8) is 0 Å². The van der Waals surface area contributed by atoms with Crippen molar-refractivity contribution in [2.45, 2.75) is 45.1 Å². The fourth-order valence-electron chi connectivity index (χ4n) is 1.81. The molecule has 0 radical (unpaired) electrons. The van der Waals surface area contributed by atoms with E-state index in [4.69, 9.17) is 4.74 Å². The molecule has 0 aromatic heterocycles. The summed E-state index contributed by atoms with van der Waals surface area (Å²) < 4.78 is 5.34. The van der Waals surface area contributed by atoms with Gasteiger partial charge in [-0.2, -0.15) is 0 Å². The summed E-state index contributed by atoms with van der Waals surface area (Å²) >= 11 is 0. The molecule has 0 heterocycles. The normalized spacial score (nSPS) is 31.4. The molecule has 0 spiro atoms. The predicted molar refractivity (Wildman–Crippen MR) is 47.3 cm³/mol. The molecule has 0 unspecified atom stereocenters. The van der Waals surface area contributed by atoms with Gasteiger partial charge in [0.25, 0.3) is 0 Å². The number of hydrogen-bond acceptors (Lipinski definition) is 1. The third kappa shape index (κ3) is 2.57. The fraction of sp³-hybridized carbons (Fsp3) is 0.800. The summed E-state index contributed by atoms with van der Waals surface area (Å²) in [5, 5.41) is 0. The van der Waals surface area contributed by atoms with E-state index in [1.165, 1.54) is 32.1 Å². The van der Waals surface area contributed by atoms with Gasteiger partial charge < -0.3 is 4.74 Å². The molecule has 1 fully saturated rings. The van der Waals surface area contributed by atoms with Crippen LogP contribution >= 0.6 is 0 Å². The Morgan fingerprint density at radius 3 is 2.45 bits per heavy atom. The summed E-state index contributed by atoms with van der Waals surface area (Å²) in [6.07, 6.45) is 8.52. The van der Waals surface area contributed by atoms with Crippen molar-refractivity contribution in [2.75, 3.05) is 0 Å². The molecule has 1 aliphatic rings. The largest absolute Gasteiger partial charge is 0.499 e. The molecule has 0 bridgehead atoms. The van der Waals surface area contributed by atoms with Gasteiger partial charge in [0.05, 0.1) is 12.4 Å². The van der Waals surface area contributed by atoms with E-state index in [0.717, 1.165) is 5.92 Å². The zero-order valence-corrected chi connectivity index (χ0v) is 7.38. The van der Waals surface area contributed by atoms with Gasteiger partial charge in [-0.05, 0) is 31.6 Å². The highest BCUT2D eigenvalue weighted by molar-refractivity contribution is 4.73. The van der Waals surface area contributed by atoms with Crippen LogP contribution in [0.5, 0.6) is 0 Å². The van der Waals surface area contributed by atoms with E-state index in [2.05, 4.69) is 13.5 Å². The molecule has 0 amide bonds. The van der Waals surface area contributed by atoms with E-state index >= 15 is 0 Å². The van der Waals surface area contributed by atoms with Gasteiger partial charge in [0.2, 0.25) is 0 Å². The minimum Gasteiger partial charge on any atom is -0.499 e. The number of hydrogen-bond donors (Lipinski definition) is 0. The maximum atomic E-state index is 5.34. The smallest absolute Gasteiger partial charge is 0.0978 e.